The summed E-state index contributed by atoms with van der Waals surface area (Å²) in [4.78, 5) is 2.28. The maximum absolute atomic E-state index is 6.02. The number of ether oxygens (including phenoxy) is 1. The van der Waals surface area contributed by atoms with Gasteiger partial charge in [0, 0.05) is 18.8 Å². The van der Waals surface area contributed by atoms with E-state index in [1.807, 2.05) is 18.2 Å². The summed E-state index contributed by atoms with van der Waals surface area (Å²) in [5, 5.41) is 0. The Labute approximate surface area is 126 Å². The molecule has 0 aromatic heterocycles. The van der Waals surface area contributed by atoms with Crippen LogP contribution in [0.3, 0.4) is 0 Å². The Balaban J connectivity index is 1.69. The number of nitrogen functional groups attached to an aromatic ring is 1. The highest BCUT2D eigenvalue weighted by Crippen LogP contribution is 2.27. The molecule has 0 fully saturated rings. The van der Waals surface area contributed by atoms with E-state index in [1.54, 1.807) is 0 Å². The molecular weight excluding hydrogens is 260 g/mol. The first-order chi connectivity index (χ1) is 10.2. The van der Waals surface area contributed by atoms with Crippen LogP contribution in [0.2, 0.25) is 0 Å². The van der Waals surface area contributed by atoms with Crippen molar-refractivity contribution < 1.29 is 4.74 Å². The summed E-state index contributed by atoms with van der Waals surface area (Å²) in [6.07, 6.45) is 1.17. The molecule has 2 aromatic carbocycles. The standard InChI is InChI=1S/C18H22N2O/c1-20(12-15-7-3-5-9-17(15)19)13-18-16-8-4-2-6-14(16)10-11-21-18/h2-9,18H,10-13,19H2,1H3. The van der Waals surface area contributed by atoms with Crippen LogP contribution in [-0.2, 0) is 17.7 Å². The lowest BCUT2D eigenvalue weighted by atomic mass is 9.97. The van der Waals surface area contributed by atoms with Gasteiger partial charge in [0.2, 0.25) is 0 Å². The van der Waals surface area contributed by atoms with E-state index in [0.29, 0.717) is 0 Å². The molecule has 0 amide bonds. The van der Waals surface area contributed by atoms with Crippen LogP contribution < -0.4 is 5.73 Å². The van der Waals surface area contributed by atoms with Gasteiger partial charge in [-0.25, -0.2) is 0 Å². The number of benzene rings is 2. The zero-order valence-corrected chi connectivity index (χ0v) is 12.5. The van der Waals surface area contributed by atoms with E-state index in [4.69, 9.17) is 10.5 Å². The van der Waals surface area contributed by atoms with Crippen molar-refractivity contribution in [2.45, 2.75) is 19.1 Å². The number of nitrogens with two attached hydrogens (primary N) is 1. The maximum Gasteiger partial charge on any atom is 0.0954 e. The van der Waals surface area contributed by atoms with Crippen LogP contribution in [0.5, 0.6) is 0 Å². The molecule has 3 heteroatoms. The predicted molar refractivity (Wildman–Crippen MR) is 86.0 cm³/mol. The first kappa shape index (κ1) is 14.1. The Kier molecular flexibility index (Phi) is 4.23. The number of hydrogen-bond donors (Lipinski definition) is 1. The topological polar surface area (TPSA) is 38.5 Å². The number of rotatable bonds is 4. The molecule has 0 spiro atoms. The SMILES string of the molecule is CN(Cc1ccccc1N)CC1OCCc2ccccc21. The number of fused-ring (bicyclic) bond motifs is 1. The van der Waals surface area contributed by atoms with E-state index in [-0.39, 0.29) is 6.10 Å². The highest BCUT2D eigenvalue weighted by Gasteiger charge is 2.21. The number of hydrogen-bond acceptors (Lipinski definition) is 3. The summed E-state index contributed by atoms with van der Waals surface area (Å²) in [7, 11) is 2.12. The zero-order valence-electron chi connectivity index (χ0n) is 12.5. The van der Waals surface area contributed by atoms with Crippen molar-refractivity contribution in [3.8, 4) is 0 Å². The van der Waals surface area contributed by atoms with Crippen molar-refractivity contribution in [3.05, 3.63) is 65.2 Å². The van der Waals surface area contributed by atoms with Crippen molar-refractivity contribution in [2.75, 3.05) is 25.9 Å². The lowest BCUT2D eigenvalue weighted by molar-refractivity contribution is 0.0197. The molecule has 1 atom stereocenters. The normalized spacial score (nSPS) is 17.7. The third kappa shape index (κ3) is 3.26. The second kappa shape index (κ2) is 6.29. The van der Waals surface area contributed by atoms with E-state index in [2.05, 4.69) is 42.3 Å². The molecule has 3 nitrogen and oxygen atoms in total. The molecule has 2 N–H and O–H groups in total. The number of anilines is 1. The Morgan fingerprint density at radius 2 is 1.90 bits per heavy atom. The average Bonchev–Trinajstić information content (AvgIpc) is 2.50. The van der Waals surface area contributed by atoms with Gasteiger partial charge in [-0.3, -0.25) is 4.90 Å². The molecule has 21 heavy (non-hydrogen) atoms. The molecule has 110 valence electrons. The third-order valence-corrected chi connectivity index (χ3v) is 4.07. The third-order valence-electron chi connectivity index (χ3n) is 4.07. The van der Waals surface area contributed by atoms with Gasteiger partial charge in [0.05, 0.1) is 12.7 Å². The summed E-state index contributed by atoms with van der Waals surface area (Å²) >= 11 is 0. The lowest BCUT2D eigenvalue weighted by Gasteiger charge is -2.30. The molecule has 0 saturated heterocycles. The van der Waals surface area contributed by atoms with Crippen LogP contribution in [0, 0.1) is 0 Å². The predicted octanol–water partition coefficient (Wildman–Crippen LogP) is 3.01. The number of nitrogens with zero attached hydrogens (tertiary/aromatic N) is 1. The van der Waals surface area contributed by atoms with Crippen molar-refractivity contribution in [1.82, 2.24) is 4.90 Å². The quantitative estimate of drug-likeness (QED) is 0.876. The van der Waals surface area contributed by atoms with Gasteiger partial charge in [-0.1, -0.05) is 42.5 Å². The molecule has 3 rings (SSSR count). The smallest absolute Gasteiger partial charge is 0.0954 e. The number of para-hydroxylation sites is 1. The summed E-state index contributed by atoms with van der Waals surface area (Å²) in [6, 6.07) is 16.6. The minimum Gasteiger partial charge on any atom is -0.398 e. The Morgan fingerprint density at radius 1 is 1.14 bits per heavy atom. The molecule has 0 radical (unpaired) electrons. The highest BCUT2D eigenvalue weighted by molar-refractivity contribution is 5.46. The van der Waals surface area contributed by atoms with Crippen LogP contribution in [0.1, 0.15) is 22.8 Å². The summed E-state index contributed by atoms with van der Waals surface area (Å²) in [5.41, 5.74) is 10.8. The van der Waals surface area contributed by atoms with E-state index in [1.165, 1.54) is 16.7 Å². The van der Waals surface area contributed by atoms with E-state index in [0.717, 1.165) is 31.8 Å². The second-order valence-electron chi connectivity index (χ2n) is 5.70. The monoisotopic (exact) mass is 282 g/mol. The van der Waals surface area contributed by atoms with Gasteiger partial charge in [-0.15, -0.1) is 0 Å². The van der Waals surface area contributed by atoms with Crippen LogP contribution >= 0.6 is 0 Å². The van der Waals surface area contributed by atoms with Crippen LogP contribution in [0.4, 0.5) is 5.69 Å². The Hall–Kier alpha value is -1.84. The fraction of sp³-hybridized carbons (Fsp3) is 0.333. The summed E-state index contributed by atoms with van der Waals surface area (Å²) in [5.74, 6) is 0. The van der Waals surface area contributed by atoms with Crippen molar-refractivity contribution in [3.63, 3.8) is 0 Å². The highest BCUT2D eigenvalue weighted by atomic mass is 16.5. The zero-order chi connectivity index (χ0) is 14.7. The first-order valence-electron chi connectivity index (χ1n) is 7.45. The second-order valence-corrected chi connectivity index (χ2v) is 5.70. The van der Waals surface area contributed by atoms with E-state index in [9.17, 15) is 0 Å². The Morgan fingerprint density at radius 3 is 2.76 bits per heavy atom. The van der Waals surface area contributed by atoms with Crippen LogP contribution in [0.15, 0.2) is 48.5 Å². The van der Waals surface area contributed by atoms with Gasteiger partial charge in [0.1, 0.15) is 0 Å². The minimum atomic E-state index is 0.157. The maximum atomic E-state index is 6.02. The molecule has 1 heterocycles. The molecule has 1 unspecified atom stereocenters. The fourth-order valence-electron chi connectivity index (χ4n) is 2.94. The van der Waals surface area contributed by atoms with Gasteiger partial charge >= 0.3 is 0 Å². The van der Waals surface area contributed by atoms with Crippen LogP contribution in [0.25, 0.3) is 0 Å². The Bertz CT molecular complexity index is 612. The van der Waals surface area contributed by atoms with Gasteiger partial charge in [-0.05, 0) is 36.2 Å². The van der Waals surface area contributed by atoms with Crippen LogP contribution in [-0.4, -0.2) is 25.1 Å². The lowest BCUT2D eigenvalue weighted by Crippen LogP contribution is -2.29. The summed E-state index contributed by atoms with van der Waals surface area (Å²) < 4.78 is 5.97. The van der Waals surface area contributed by atoms with Crippen molar-refractivity contribution in [1.29, 1.82) is 0 Å². The van der Waals surface area contributed by atoms with Crippen molar-refractivity contribution in [2.24, 2.45) is 0 Å². The van der Waals surface area contributed by atoms with Crippen molar-refractivity contribution >= 4 is 5.69 Å². The molecule has 1 aliphatic heterocycles. The summed E-state index contributed by atoms with van der Waals surface area (Å²) in [6.45, 7) is 2.53. The van der Waals surface area contributed by atoms with Gasteiger partial charge in [0.25, 0.3) is 0 Å². The molecule has 0 bridgehead atoms. The minimum absolute atomic E-state index is 0.157. The largest absolute Gasteiger partial charge is 0.398 e. The molecule has 1 aliphatic rings. The van der Waals surface area contributed by atoms with Gasteiger partial charge in [0.15, 0.2) is 0 Å². The molecule has 2 aromatic rings. The fourth-order valence-corrected chi connectivity index (χ4v) is 2.94. The molecule has 0 aliphatic carbocycles. The molecule has 0 saturated carbocycles. The molecular formula is C18H22N2O. The number of likely N-dealkylation sites (N-methyl/N-ethyl adjacent to an activating group) is 1. The van der Waals surface area contributed by atoms with E-state index < -0.39 is 0 Å². The van der Waals surface area contributed by atoms with Gasteiger partial charge in [-0.2, -0.15) is 0 Å². The van der Waals surface area contributed by atoms with Gasteiger partial charge < -0.3 is 10.5 Å². The average molecular weight is 282 g/mol. The first-order valence-corrected chi connectivity index (χ1v) is 7.45. The van der Waals surface area contributed by atoms with E-state index >= 15 is 0 Å².